The van der Waals surface area contributed by atoms with Crippen molar-refractivity contribution in [2.24, 2.45) is 5.92 Å². The number of aromatic nitrogens is 1. The van der Waals surface area contributed by atoms with Crippen molar-refractivity contribution in [1.82, 2.24) is 4.98 Å². The van der Waals surface area contributed by atoms with Crippen molar-refractivity contribution >= 4 is 21.3 Å². The van der Waals surface area contributed by atoms with Gasteiger partial charge in [0.1, 0.15) is 0 Å². The van der Waals surface area contributed by atoms with E-state index < -0.39 is 14.8 Å². The van der Waals surface area contributed by atoms with Gasteiger partial charge >= 0.3 is 5.69 Å². The first-order valence-electron chi connectivity index (χ1n) is 5.51. The average Bonchev–Trinajstić information content (AvgIpc) is 2.66. The lowest BCUT2D eigenvalue weighted by atomic mass is 10.1. The van der Waals surface area contributed by atoms with E-state index in [4.69, 9.17) is 0 Å². The van der Waals surface area contributed by atoms with Gasteiger partial charge in [0.2, 0.25) is 5.82 Å². The zero-order chi connectivity index (χ0) is 13.2. The second kappa shape index (κ2) is 4.89. The molecule has 0 spiro atoms. The fraction of sp³-hybridized carbons (Fsp3) is 0.500. The predicted molar refractivity (Wildman–Crippen MR) is 66.1 cm³/mol. The lowest BCUT2D eigenvalue weighted by molar-refractivity contribution is -0.384. The van der Waals surface area contributed by atoms with Crippen molar-refractivity contribution in [2.45, 2.75) is 6.42 Å². The lowest BCUT2D eigenvalue weighted by Crippen LogP contribution is -2.16. The van der Waals surface area contributed by atoms with Gasteiger partial charge in [-0.15, -0.1) is 0 Å². The standard InChI is InChI=1S/C10H13N3O4S/c14-13(15)9-2-1-4-11-10(9)12-6-8-3-5-18(16,17)7-8/h1-2,4,8H,3,5-7H2,(H,11,12). The van der Waals surface area contributed by atoms with Crippen molar-refractivity contribution in [3.8, 4) is 0 Å². The summed E-state index contributed by atoms with van der Waals surface area (Å²) in [6.45, 7) is 0.386. The maximum atomic E-state index is 11.3. The summed E-state index contributed by atoms with van der Waals surface area (Å²) in [6, 6.07) is 2.85. The summed E-state index contributed by atoms with van der Waals surface area (Å²) in [5.74, 6) is 0.521. The Kier molecular flexibility index (Phi) is 3.46. The summed E-state index contributed by atoms with van der Waals surface area (Å²) in [7, 11) is -2.92. The van der Waals surface area contributed by atoms with Crippen LogP contribution in [0.25, 0.3) is 0 Å². The molecule has 1 N–H and O–H groups in total. The Hall–Kier alpha value is -1.70. The number of nitrogens with one attached hydrogen (secondary N) is 1. The Morgan fingerprint density at radius 3 is 2.94 bits per heavy atom. The molecule has 2 heterocycles. The molecule has 0 amide bonds. The quantitative estimate of drug-likeness (QED) is 0.643. The minimum atomic E-state index is -2.92. The molecule has 98 valence electrons. The van der Waals surface area contributed by atoms with Gasteiger partial charge in [0, 0.05) is 18.8 Å². The molecule has 2 rings (SSSR count). The van der Waals surface area contributed by atoms with Crippen LogP contribution in [0.2, 0.25) is 0 Å². The minimum Gasteiger partial charge on any atom is -0.364 e. The van der Waals surface area contributed by atoms with E-state index >= 15 is 0 Å². The molecule has 1 saturated heterocycles. The van der Waals surface area contributed by atoms with Crippen LogP contribution in [0.5, 0.6) is 0 Å². The van der Waals surface area contributed by atoms with E-state index in [1.165, 1.54) is 18.3 Å². The smallest absolute Gasteiger partial charge is 0.311 e. The number of anilines is 1. The zero-order valence-electron chi connectivity index (χ0n) is 9.57. The largest absolute Gasteiger partial charge is 0.364 e. The molecule has 1 aromatic heterocycles. The van der Waals surface area contributed by atoms with E-state index in [9.17, 15) is 18.5 Å². The monoisotopic (exact) mass is 271 g/mol. The van der Waals surface area contributed by atoms with E-state index in [0.717, 1.165) is 0 Å². The summed E-state index contributed by atoms with van der Waals surface area (Å²) < 4.78 is 22.6. The molecule has 18 heavy (non-hydrogen) atoms. The van der Waals surface area contributed by atoms with Gasteiger partial charge in [-0.3, -0.25) is 10.1 Å². The van der Waals surface area contributed by atoms with E-state index in [2.05, 4.69) is 10.3 Å². The Balaban J connectivity index is 2.01. The van der Waals surface area contributed by atoms with Crippen LogP contribution in [0, 0.1) is 16.0 Å². The van der Waals surface area contributed by atoms with E-state index in [0.29, 0.717) is 13.0 Å². The van der Waals surface area contributed by atoms with Crippen LogP contribution in [0.3, 0.4) is 0 Å². The van der Waals surface area contributed by atoms with Gasteiger partial charge in [-0.2, -0.15) is 0 Å². The first-order chi connectivity index (χ1) is 8.48. The maximum Gasteiger partial charge on any atom is 0.311 e. The molecule has 1 unspecified atom stereocenters. The molecule has 1 atom stereocenters. The topological polar surface area (TPSA) is 102 Å². The molecule has 1 aliphatic rings. The highest BCUT2D eigenvalue weighted by molar-refractivity contribution is 7.91. The third kappa shape index (κ3) is 2.95. The summed E-state index contributed by atoms with van der Waals surface area (Å²) in [5, 5.41) is 13.6. The highest BCUT2D eigenvalue weighted by Crippen LogP contribution is 2.23. The van der Waals surface area contributed by atoms with Crippen LogP contribution in [0.4, 0.5) is 11.5 Å². The normalized spacial score (nSPS) is 21.7. The number of pyridine rings is 1. The molecule has 0 aliphatic carbocycles. The van der Waals surface area contributed by atoms with Crippen molar-refractivity contribution in [3.05, 3.63) is 28.4 Å². The van der Waals surface area contributed by atoms with Gasteiger partial charge in [0.25, 0.3) is 0 Å². The number of sulfone groups is 1. The van der Waals surface area contributed by atoms with Crippen molar-refractivity contribution in [3.63, 3.8) is 0 Å². The summed E-state index contributed by atoms with van der Waals surface area (Å²) in [4.78, 5) is 14.1. The minimum absolute atomic E-state index is 0.00314. The second-order valence-electron chi connectivity index (χ2n) is 4.28. The Labute approximate surface area is 104 Å². The summed E-state index contributed by atoms with van der Waals surface area (Å²) in [5.41, 5.74) is -0.0987. The SMILES string of the molecule is O=[N+]([O-])c1cccnc1NCC1CCS(=O)(=O)C1. The lowest BCUT2D eigenvalue weighted by Gasteiger charge is -2.09. The molecule has 0 radical (unpaired) electrons. The zero-order valence-corrected chi connectivity index (χ0v) is 10.4. The molecule has 0 aromatic carbocycles. The van der Waals surface area contributed by atoms with Crippen LogP contribution in [0.1, 0.15) is 6.42 Å². The molecule has 8 heteroatoms. The summed E-state index contributed by atoms with van der Waals surface area (Å²) in [6.07, 6.45) is 2.05. The van der Waals surface area contributed by atoms with Crippen molar-refractivity contribution < 1.29 is 13.3 Å². The van der Waals surface area contributed by atoms with Gasteiger partial charge in [-0.05, 0) is 18.4 Å². The first-order valence-corrected chi connectivity index (χ1v) is 7.34. The van der Waals surface area contributed by atoms with Crippen LogP contribution >= 0.6 is 0 Å². The van der Waals surface area contributed by atoms with Gasteiger partial charge in [-0.25, -0.2) is 13.4 Å². The molecule has 1 fully saturated rings. The molecule has 1 aliphatic heterocycles. The molecule has 7 nitrogen and oxygen atoms in total. The third-order valence-electron chi connectivity index (χ3n) is 2.87. The van der Waals surface area contributed by atoms with Crippen LogP contribution < -0.4 is 5.32 Å². The molecule has 1 aromatic rings. The third-order valence-corrected chi connectivity index (χ3v) is 4.71. The van der Waals surface area contributed by atoms with Gasteiger partial charge in [-0.1, -0.05) is 0 Å². The Bertz CT molecular complexity index is 558. The van der Waals surface area contributed by atoms with Gasteiger partial charge in [0.05, 0.1) is 16.4 Å². The molecule has 0 bridgehead atoms. The van der Waals surface area contributed by atoms with Gasteiger partial charge in [0.15, 0.2) is 9.84 Å². The fourth-order valence-electron chi connectivity index (χ4n) is 1.95. The summed E-state index contributed by atoms with van der Waals surface area (Å²) >= 11 is 0. The fourth-order valence-corrected chi connectivity index (χ4v) is 3.82. The highest BCUT2D eigenvalue weighted by Gasteiger charge is 2.28. The second-order valence-corrected chi connectivity index (χ2v) is 6.51. The predicted octanol–water partition coefficient (Wildman–Crippen LogP) is 0.836. The Morgan fingerprint density at radius 1 is 1.56 bits per heavy atom. The number of nitrogens with zero attached hydrogens (tertiary/aromatic N) is 2. The average molecular weight is 271 g/mol. The number of hydrogen-bond donors (Lipinski definition) is 1. The highest BCUT2D eigenvalue weighted by atomic mass is 32.2. The van der Waals surface area contributed by atoms with Crippen LogP contribution in [-0.2, 0) is 9.84 Å². The van der Waals surface area contributed by atoms with E-state index in [1.54, 1.807) is 0 Å². The van der Waals surface area contributed by atoms with E-state index in [-0.39, 0.29) is 28.9 Å². The number of hydrogen-bond acceptors (Lipinski definition) is 6. The maximum absolute atomic E-state index is 11.3. The Morgan fingerprint density at radius 2 is 2.33 bits per heavy atom. The number of nitro groups is 1. The molecular weight excluding hydrogens is 258 g/mol. The van der Waals surface area contributed by atoms with Crippen molar-refractivity contribution in [1.29, 1.82) is 0 Å². The van der Waals surface area contributed by atoms with Crippen LogP contribution in [0.15, 0.2) is 18.3 Å². The number of rotatable bonds is 4. The van der Waals surface area contributed by atoms with Crippen LogP contribution in [-0.4, -0.2) is 36.4 Å². The van der Waals surface area contributed by atoms with Gasteiger partial charge < -0.3 is 5.32 Å². The first kappa shape index (κ1) is 12.7. The molecular formula is C10H13N3O4S. The van der Waals surface area contributed by atoms with E-state index in [1.807, 2.05) is 0 Å². The van der Waals surface area contributed by atoms with Crippen molar-refractivity contribution in [2.75, 3.05) is 23.4 Å². The molecule has 0 saturated carbocycles.